The minimum Gasteiger partial charge on any atom is -0.508 e. The second kappa shape index (κ2) is 9.04. The Balaban J connectivity index is 1.59. The SMILES string of the molecule is CCN1C(=O)[C@H]2[C@H](CC=C3[C@H]2C[C@@]2(Cl)C(=O)N(c4ccc(F)cc4)C(=O)[C@@]2(Cl)[C@H]3c2cc(OC)ccc2O)C1=O. The smallest absolute Gasteiger partial charge is 0.258 e. The lowest BCUT2D eigenvalue weighted by atomic mass is 9.56. The Hall–Kier alpha value is -3.43. The van der Waals surface area contributed by atoms with E-state index < -0.39 is 51.1 Å². The molecule has 4 aliphatic rings. The molecule has 2 heterocycles. The Bertz CT molecular complexity index is 1510. The van der Waals surface area contributed by atoms with Crippen molar-refractivity contribution in [3.63, 3.8) is 0 Å². The van der Waals surface area contributed by atoms with Crippen LogP contribution in [-0.2, 0) is 19.2 Å². The van der Waals surface area contributed by atoms with Crippen LogP contribution in [0.25, 0.3) is 0 Å². The Morgan fingerprint density at radius 2 is 1.73 bits per heavy atom. The van der Waals surface area contributed by atoms with Crippen LogP contribution in [-0.4, -0.2) is 57.0 Å². The number of allylic oxidation sites excluding steroid dienone is 2. The molecule has 0 spiro atoms. The van der Waals surface area contributed by atoms with Crippen molar-refractivity contribution in [2.24, 2.45) is 17.8 Å². The molecule has 4 amide bonds. The average Bonchev–Trinajstić information content (AvgIpc) is 3.27. The molecule has 0 bridgehead atoms. The molecule has 3 fully saturated rings. The summed E-state index contributed by atoms with van der Waals surface area (Å²) in [6, 6.07) is 9.23. The van der Waals surface area contributed by atoms with Gasteiger partial charge in [0.05, 0.1) is 24.6 Å². The van der Waals surface area contributed by atoms with Crippen LogP contribution in [0.4, 0.5) is 10.1 Å². The van der Waals surface area contributed by atoms with Gasteiger partial charge in [-0.25, -0.2) is 9.29 Å². The van der Waals surface area contributed by atoms with E-state index in [-0.39, 0.29) is 48.2 Å². The normalized spacial score (nSPS) is 33.1. The number of alkyl halides is 2. The molecule has 208 valence electrons. The number of likely N-dealkylation sites (tertiary alicyclic amines) is 1. The van der Waals surface area contributed by atoms with E-state index in [1.807, 2.05) is 0 Å². The van der Waals surface area contributed by atoms with Gasteiger partial charge in [0.15, 0.2) is 9.75 Å². The van der Waals surface area contributed by atoms with Crippen molar-refractivity contribution < 1.29 is 33.4 Å². The number of ether oxygens (including phenoxy) is 1. The van der Waals surface area contributed by atoms with Crippen LogP contribution in [0.5, 0.6) is 11.5 Å². The van der Waals surface area contributed by atoms with Crippen molar-refractivity contribution in [3.05, 3.63) is 65.5 Å². The second-order valence-electron chi connectivity index (χ2n) is 10.6. The number of anilines is 1. The summed E-state index contributed by atoms with van der Waals surface area (Å²) < 4.78 is 19.1. The van der Waals surface area contributed by atoms with E-state index in [0.717, 1.165) is 17.0 Å². The van der Waals surface area contributed by atoms with Crippen molar-refractivity contribution in [3.8, 4) is 11.5 Å². The van der Waals surface area contributed by atoms with Gasteiger partial charge in [0.1, 0.15) is 17.3 Å². The van der Waals surface area contributed by atoms with Crippen LogP contribution in [0.1, 0.15) is 31.2 Å². The fourth-order valence-electron chi connectivity index (χ4n) is 7.01. The fourth-order valence-corrected chi connectivity index (χ4v) is 7.94. The van der Waals surface area contributed by atoms with Crippen LogP contribution >= 0.6 is 23.2 Å². The number of benzene rings is 2. The third-order valence-corrected chi connectivity index (χ3v) is 10.3. The molecule has 2 aliphatic heterocycles. The highest BCUT2D eigenvalue weighted by Gasteiger charge is 2.76. The number of carbonyl (C=O) groups is 4. The van der Waals surface area contributed by atoms with Crippen LogP contribution in [0.2, 0.25) is 0 Å². The average molecular weight is 587 g/mol. The predicted molar refractivity (Wildman–Crippen MR) is 144 cm³/mol. The van der Waals surface area contributed by atoms with Gasteiger partial charge in [0.2, 0.25) is 11.8 Å². The van der Waals surface area contributed by atoms with Crippen molar-refractivity contribution in [1.82, 2.24) is 4.90 Å². The predicted octanol–water partition coefficient (Wildman–Crippen LogP) is 4.12. The molecule has 40 heavy (non-hydrogen) atoms. The maximum Gasteiger partial charge on any atom is 0.258 e. The zero-order valence-corrected chi connectivity index (χ0v) is 23.1. The number of phenols is 1. The number of hydrogen-bond donors (Lipinski definition) is 1. The molecule has 6 rings (SSSR count). The summed E-state index contributed by atoms with van der Waals surface area (Å²) in [5.41, 5.74) is 0.829. The van der Waals surface area contributed by atoms with E-state index in [1.165, 1.54) is 42.3 Å². The Labute approximate surface area is 239 Å². The Morgan fingerprint density at radius 1 is 1.02 bits per heavy atom. The summed E-state index contributed by atoms with van der Waals surface area (Å²) in [7, 11) is 1.44. The van der Waals surface area contributed by atoms with Gasteiger partial charge in [-0.1, -0.05) is 11.6 Å². The lowest BCUT2D eigenvalue weighted by Gasteiger charge is -2.50. The quantitative estimate of drug-likeness (QED) is 0.328. The molecule has 2 aromatic rings. The summed E-state index contributed by atoms with van der Waals surface area (Å²) in [5.74, 6) is -6.02. The summed E-state index contributed by atoms with van der Waals surface area (Å²) >= 11 is 14.5. The molecule has 0 aromatic heterocycles. The van der Waals surface area contributed by atoms with Crippen LogP contribution in [0, 0.1) is 23.6 Å². The van der Waals surface area contributed by atoms with Gasteiger partial charge >= 0.3 is 0 Å². The largest absolute Gasteiger partial charge is 0.508 e. The first-order valence-electron chi connectivity index (χ1n) is 12.9. The summed E-state index contributed by atoms with van der Waals surface area (Å²) in [5, 5.41) is 11.1. The third-order valence-electron chi connectivity index (χ3n) is 8.85. The highest BCUT2D eigenvalue weighted by Crippen LogP contribution is 2.66. The first kappa shape index (κ1) is 26.8. The van der Waals surface area contributed by atoms with E-state index in [1.54, 1.807) is 13.0 Å². The molecule has 2 aromatic carbocycles. The molecular weight excluding hydrogens is 562 g/mol. The van der Waals surface area contributed by atoms with Crippen molar-refractivity contribution in [2.45, 2.75) is 35.4 Å². The molecule has 1 N–H and O–H groups in total. The first-order valence-corrected chi connectivity index (χ1v) is 13.7. The van der Waals surface area contributed by atoms with Gasteiger partial charge in [0.25, 0.3) is 11.8 Å². The van der Waals surface area contributed by atoms with Crippen molar-refractivity contribution in [2.75, 3.05) is 18.6 Å². The number of amides is 4. The summed E-state index contributed by atoms with van der Waals surface area (Å²) in [6.45, 7) is 1.92. The number of carbonyl (C=O) groups excluding carboxylic acids is 4. The molecule has 0 unspecified atom stereocenters. The first-order chi connectivity index (χ1) is 19.0. The van der Waals surface area contributed by atoms with E-state index >= 15 is 0 Å². The number of hydrogen-bond acceptors (Lipinski definition) is 6. The third kappa shape index (κ3) is 3.31. The molecule has 2 saturated heterocycles. The van der Waals surface area contributed by atoms with Crippen molar-refractivity contribution >= 4 is 52.5 Å². The van der Waals surface area contributed by atoms with E-state index in [4.69, 9.17) is 27.9 Å². The van der Waals surface area contributed by atoms with E-state index in [0.29, 0.717) is 11.3 Å². The van der Waals surface area contributed by atoms with E-state index in [2.05, 4.69) is 0 Å². The minimum atomic E-state index is -2.13. The zero-order valence-electron chi connectivity index (χ0n) is 21.6. The molecule has 1 saturated carbocycles. The summed E-state index contributed by atoms with van der Waals surface area (Å²) in [6.07, 6.45) is 1.83. The number of rotatable bonds is 4. The van der Waals surface area contributed by atoms with Gasteiger partial charge in [-0.2, -0.15) is 0 Å². The fraction of sp³-hybridized carbons (Fsp3) is 0.379. The van der Waals surface area contributed by atoms with Crippen LogP contribution < -0.4 is 9.64 Å². The highest BCUT2D eigenvalue weighted by molar-refractivity contribution is 6.58. The topological polar surface area (TPSA) is 104 Å². The monoisotopic (exact) mass is 586 g/mol. The Kier molecular flexibility index (Phi) is 6.05. The lowest BCUT2D eigenvalue weighted by Crippen LogP contribution is -2.60. The number of phenolic OH excluding ortho intramolecular Hbond substituents is 1. The number of aromatic hydroxyl groups is 1. The van der Waals surface area contributed by atoms with Gasteiger partial charge < -0.3 is 9.84 Å². The number of imide groups is 2. The van der Waals surface area contributed by atoms with Gasteiger partial charge in [0, 0.05) is 18.0 Å². The van der Waals surface area contributed by atoms with Crippen LogP contribution in [0.15, 0.2) is 54.1 Å². The van der Waals surface area contributed by atoms with E-state index in [9.17, 15) is 28.7 Å². The number of fused-ring (bicyclic) bond motifs is 4. The zero-order chi connectivity index (χ0) is 28.7. The van der Waals surface area contributed by atoms with Crippen molar-refractivity contribution in [1.29, 1.82) is 0 Å². The minimum absolute atomic E-state index is 0.0820. The number of nitrogens with zero attached hydrogens (tertiary/aromatic N) is 2. The molecule has 11 heteroatoms. The van der Waals surface area contributed by atoms with Gasteiger partial charge in [-0.05, 0) is 68.1 Å². The molecule has 8 nitrogen and oxygen atoms in total. The molecule has 0 radical (unpaired) electrons. The molecule has 2 aliphatic carbocycles. The molecule has 6 atom stereocenters. The Morgan fingerprint density at radius 3 is 2.38 bits per heavy atom. The number of methoxy groups -OCH3 is 1. The number of halogens is 3. The maximum absolute atomic E-state index is 14.3. The standard InChI is InChI=1S/C29H25Cl2FN2O6/c1-3-33-24(36)18-10-9-17-20(22(18)25(33)37)13-28(30)26(38)34(15-6-4-14(32)5-7-15)27(39)29(28,31)23(17)19-12-16(40-2)8-11-21(19)35/h4-9,11-12,18,20,22-23,35H,3,10,13H2,1-2H3/t18-,20+,22-,23+,28+,29-/m0/s1. The van der Waals surface area contributed by atoms with Gasteiger partial charge in [-0.15, -0.1) is 23.2 Å². The lowest BCUT2D eigenvalue weighted by molar-refractivity contribution is -0.140. The highest BCUT2D eigenvalue weighted by atomic mass is 35.5. The molecular formula is C29H25Cl2FN2O6. The van der Waals surface area contributed by atoms with Crippen LogP contribution in [0.3, 0.4) is 0 Å². The second-order valence-corrected chi connectivity index (χ2v) is 11.8. The maximum atomic E-state index is 14.3. The van der Waals surface area contributed by atoms with Gasteiger partial charge in [-0.3, -0.25) is 24.1 Å². The summed E-state index contributed by atoms with van der Waals surface area (Å²) in [4.78, 5) is 52.8.